The van der Waals surface area contributed by atoms with Crippen molar-refractivity contribution >= 4 is 31.5 Å². The maximum absolute atomic E-state index is 15.2. The highest BCUT2D eigenvalue weighted by molar-refractivity contribution is 7.93. The van der Waals surface area contributed by atoms with Crippen LogP contribution >= 0.6 is 0 Å². The van der Waals surface area contributed by atoms with E-state index < -0.39 is 44.2 Å². The number of carbonyl (C=O) groups excluding carboxylic acids is 1. The number of nitrogens with zero attached hydrogens (tertiary/aromatic N) is 1. The average molecular weight is 561 g/mol. The Labute approximate surface area is 222 Å². The lowest BCUT2D eigenvalue weighted by Gasteiger charge is -2.30. The molecule has 0 saturated heterocycles. The number of fused-ring (bicyclic) bond motifs is 1. The quantitative estimate of drug-likeness (QED) is 0.436. The van der Waals surface area contributed by atoms with Crippen LogP contribution in [-0.2, 0) is 32.7 Å². The van der Waals surface area contributed by atoms with Crippen LogP contribution in [0.4, 0.5) is 10.1 Å². The number of sulfone groups is 1. The van der Waals surface area contributed by atoms with Gasteiger partial charge in [-0.2, -0.15) is 0 Å². The van der Waals surface area contributed by atoms with Gasteiger partial charge in [-0.25, -0.2) is 21.2 Å². The molecule has 0 aliphatic carbocycles. The summed E-state index contributed by atoms with van der Waals surface area (Å²) in [5, 5.41) is 12.4. The Morgan fingerprint density at radius 3 is 2.39 bits per heavy atom. The molecular weight excluding hydrogens is 531 g/mol. The Morgan fingerprint density at radius 1 is 1.08 bits per heavy atom. The van der Waals surface area contributed by atoms with Crippen LogP contribution in [0.2, 0.25) is 0 Å². The fourth-order valence-corrected chi connectivity index (χ4v) is 7.00. The third kappa shape index (κ3) is 5.31. The summed E-state index contributed by atoms with van der Waals surface area (Å²) in [5.74, 6) is -1.61. The van der Waals surface area contributed by atoms with Crippen LogP contribution in [-0.4, -0.2) is 46.8 Å². The first-order chi connectivity index (χ1) is 18.0. The highest BCUT2D eigenvalue weighted by atomic mass is 32.2. The molecule has 0 bridgehead atoms. The first-order valence-corrected chi connectivity index (χ1v) is 15.3. The van der Waals surface area contributed by atoms with E-state index in [-0.39, 0.29) is 33.3 Å². The molecule has 202 valence electrons. The number of carbonyl (C=O) groups is 1. The monoisotopic (exact) mass is 560 g/mol. The van der Waals surface area contributed by atoms with Crippen LogP contribution in [0.3, 0.4) is 0 Å². The first kappa shape index (κ1) is 27.7. The van der Waals surface area contributed by atoms with Gasteiger partial charge in [-0.1, -0.05) is 38.1 Å². The molecule has 0 unspecified atom stereocenters. The van der Waals surface area contributed by atoms with E-state index in [1.54, 1.807) is 12.1 Å². The van der Waals surface area contributed by atoms with Crippen molar-refractivity contribution < 1.29 is 31.1 Å². The van der Waals surface area contributed by atoms with E-state index in [1.807, 2.05) is 13.0 Å². The largest absolute Gasteiger partial charge is 0.394 e. The van der Waals surface area contributed by atoms with Gasteiger partial charge in [-0.3, -0.25) is 9.10 Å². The van der Waals surface area contributed by atoms with Gasteiger partial charge in [-0.15, -0.1) is 0 Å². The molecule has 1 amide bonds. The molecule has 4 rings (SSSR count). The summed E-state index contributed by atoms with van der Waals surface area (Å²) in [7, 11) is -7.37. The fraction of sp³-hybridized carbons (Fsp3) is 0.296. The van der Waals surface area contributed by atoms with Crippen LogP contribution in [0.15, 0.2) is 70.5 Å². The van der Waals surface area contributed by atoms with E-state index >= 15 is 4.39 Å². The zero-order valence-electron chi connectivity index (χ0n) is 21.0. The maximum Gasteiger partial charge on any atom is 0.264 e. The number of anilines is 1. The van der Waals surface area contributed by atoms with E-state index in [0.717, 1.165) is 22.4 Å². The molecule has 1 aliphatic heterocycles. The van der Waals surface area contributed by atoms with Crippen molar-refractivity contribution in [2.45, 2.75) is 42.5 Å². The summed E-state index contributed by atoms with van der Waals surface area (Å²) in [6.45, 7) is 3.11. The number of hydrogen-bond acceptors (Lipinski definition) is 6. The molecule has 1 atom stereocenters. The van der Waals surface area contributed by atoms with Gasteiger partial charge in [0.2, 0.25) is 0 Å². The zero-order valence-corrected chi connectivity index (χ0v) is 22.6. The number of aliphatic hydroxyl groups is 1. The van der Waals surface area contributed by atoms with Crippen molar-refractivity contribution in [1.29, 1.82) is 0 Å². The molecule has 2 N–H and O–H groups in total. The number of nitrogens with one attached hydrogen (secondary N) is 1. The van der Waals surface area contributed by atoms with Crippen molar-refractivity contribution in [3.05, 3.63) is 88.7 Å². The van der Waals surface area contributed by atoms with E-state index in [4.69, 9.17) is 0 Å². The molecule has 38 heavy (non-hydrogen) atoms. The highest BCUT2D eigenvalue weighted by Gasteiger charge is 2.33. The minimum absolute atomic E-state index is 0.0564. The number of sulfonamides is 1. The molecule has 8 nitrogen and oxygen atoms in total. The molecular formula is C27H29FN2O6S2. The molecule has 0 aromatic heterocycles. The van der Waals surface area contributed by atoms with Crippen LogP contribution in [0, 0.1) is 5.82 Å². The molecule has 3 aromatic carbocycles. The standard InChI is InChI=1S/C27H29FN2O6S2/c1-3-18-5-12-26-20(15-18)13-14-30(38(26,35)36)25-11-8-21(16-23(25)28)27(32)29-24(17-31)19-6-9-22(10-7-19)37(33,34)4-2/h5-12,15-16,24,31H,3-4,13-14,17H2,1-2H3,(H,29,32)/t24-/m0/s1. The topological polar surface area (TPSA) is 121 Å². The molecule has 0 saturated carbocycles. The lowest BCUT2D eigenvalue weighted by Crippen LogP contribution is -2.38. The Bertz CT molecular complexity index is 1570. The summed E-state index contributed by atoms with van der Waals surface area (Å²) >= 11 is 0. The van der Waals surface area contributed by atoms with Gasteiger partial charge in [0, 0.05) is 12.1 Å². The first-order valence-electron chi connectivity index (χ1n) is 12.2. The Kier molecular flexibility index (Phi) is 7.91. The van der Waals surface area contributed by atoms with Crippen LogP contribution in [0.25, 0.3) is 0 Å². The van der Waals surface area contributed by atoms with Crippen molar-refractivity contribution in [2.75, 3.05) is 23.2 Å². The molecule has 0 spiro atoms. The van der Waals surface area contributed by atoms with Gasteiger partial charge < -0.3 is 10.4 Å². The minimum Gasteiger partial charge on any atom is -0.394 e. The minimum atomic E-state index is -3.97. The molecule has 0 radical (unpaired) electrons. The van der Waals surface area contributed by atoms with E-state index in [1.165, 1.54) is 43.3 Å². The SMILES string of the molecule is CCc1ccc2c(c1)CCN(c1ccc(C(=O)N[C@@H](CO)c3ccc(S(=O)(=O)CC)cc3)cc1F)S2(=O)=O. The Hall–Kier alpha value is -3.28. The molecule has 3 aromatic rings. The predicted molar refractivity (Wildman–Crippen MR) is 142 cm³/mol. The number of aliphatic hydroxyl groups excluding tert-OH is 1. The van der Waals surface area contributed by atoms with Crippen LogP contribution < -0.4 is 9.62 Å². The summed E-state index contributed by atoms with van der Waals surface area (Å²) in [6, 6.07) is 13.6. The molecule has 11 heteroatoms. The predicted octanol–water partition coefficient (Wildman–Crippen LogP) is 3.40. The number of aryl methyl sites for hydroxylation is 1. The second kappa shape index (κ2) is 10.8. The van der Waals surface area contributed by atoms with Gasteiger partial charge in [0.1, 0.15) is 5.82 Å². The highest BCUT2D eigenvalue weighted by Crippen LogP contribution is 2.33. The van der Waals surface area contributed by atoms with E-state index in [0.29, 0.717) is 17.5 Å². The second-order valence-electron chi connectivity index (χ2n) is 8.97. The second-order valence-corrected chi connectivity index (χ2v) is 13.1. The lowest BCUT2D eigenvalue weighted by molar-refractivity contribution is 0.0915. The van der Waals surface area contributed by atoms with Crippen LogP contribution in [0.1, 0.15) is 46.9 Å². The van der Waals surface area contributed by atoms with E-state index in [2.05, 4.69) is 5.32 Å². The number of hydrogen-bond donors (Lipinski definition) is 2. The average Bonchev–Trinajstić information content (AvgIpc) is 2.91. The lowest BCUT2D eigenvalue weighted by atomic mass is 10.1. The summed E-state index contributed by atoms with van der Waals surface area (Å²) < 4.78 is 66.7. The van der Waals surface area contributed by atoms with Gasteiger partial charge in [0.05, 0.1) is 33.9 Å². The normalized spacial score (nSPS) is 15.5. The molecule has 0 fully saturated rings. The van der Waals surface area contributed by atoms with Gasteiger partial charge in [0.25, 0.3) is 15.9 Å². The molecule has 1 aliphatic rings. The summed E-state index contributed by atoms with van der Waals surface area (Å²) in [4.78, 5) is 13.1. The number of amides is 1. The van der Waals surface area contributed by atoms with Gasteiger partial charge in [-0.05, 0) is 65.9 Å². The van der Waals surface area contributed by atoms with Crippen molar-refractivity contribution in [2.24, 2.45) is 0 Å². The summed E-state index contributed by atoms with van der Waals surface area (Å²) in [5.41, 5.74) is 1.98. The maximum atomic E-state index is 15.2. The number of benzene rings is 3. The third-order valence-corrected chi connectivity index (χ3v) is 10.3. The molecule has 1 heterocycles. The van der Waals surface area contributed by atoms with Crippen molar-refractivity contribution in [3.63, 3.8) is 0 Å². The fourth-order valence-electron chi connectivity index (χ4n) is 4.41. The Balaban J connectivity index is 1.54. The smallest absolute Gasteiger partial charge is 0.264 e. The third-order valence-electron chi connectivity index (χ3n) is 6.67. The number of halogens is 1. The van der Waals surface area contributed by atoms with E-state index in [9.17, 15) is 26.7 Å². The van der Waals surface area contributed by atoms with Crippen molar-refractivity contribution in [1.82, 2.24) is 5.32 Å². The summed E-state index contributed by atoms with van der Waals surface area (Å²) in [6.07, 6.45) is 1.21. The van der Waals surface area contributed by atoms with Crippen molar-refractivity contribution in [3.8, 4) is 0 Å². The number of rotatable bonds is 8. The zero-order chi connectivity index (χ0) is 27.7. The Morgan fingerprint density at radius 2 is 1.79 bits per heavy atom. The van der Waals surface area contributed by atoms with Gasteiger partial charge in [0.15, 0.2) is 9.84 Å². The van der Waals surface area contributed by atoms with Gasteiger partial charge >= 0.3 is 0 Å². The van der Waals surface area contributed by atoms with Crippen LogP contribution in [0.5, 0.6) is 0 Å².